The molecular formula is C26H32N6O3S. The van der Waals surface area contributed by atoms with Crippen molar-refractivity contribution in [3.05, 3.63) is 66.5 Å². The molecule has 36 heavy (non-hydrogen) atoms. The number of benzene rings is 2. The molecule has 3 unspecified atom stereocenters. The zero-order chi connectivity index (χ0) is 24.9. The highest BCUT2D eigenvalue weighted by Crippen LogP contribution is 2.35. The SMILES string of the molecule is CCCCOc1ccc(C2CC3C4NN=C(SCC(=O)Nc5ccccc5OC)N4C=CN3N2)cc1. The summed E-state index contributed by atoms with van der Waals surface area (Å²) in [6.07, 6.45) is 7.17. The highest BCUT2D eigenvalue weighted by Gasteiger charge is 2.44. The van der Waals surface area contributed by atoms with E-state index in [0.29, 0.717) is 11.4 Å². The number of methoxy groups -OCH3 is 1. The number of anilines is 1. The van der Waals surface area contributed by atoms with Crippen LogP contribution in [0.5, 0.6) is 11.5 Å². The first-order valence-corrected chi connectivity index (χ1v) is 13.3. The number of thioether (sulfide) groups is 1. The average Bonchev–Trinajstić information content (AvgIpc) is 3.52. The molecule has 0 bridgehead atoms. The molecule has 0 spiro atoms. The van der Waals surface area contributed by atoms with Crippen LogP contribution in [0, 0.1) is 0 Å². The molecule has 5 rings (SSSR count). The second-order valence-corrected chi connectivity index (χ2v) is 9.82. The first-order chi connectivity index (χ1) is 17.7. The number of amidine groups is 1. The summed E-state index contributed by atoms with van der Waals surface area (Å²) in [6.45, 7) is 2.92. The monoisotopic (exact) mass is 508 g/mol. The van der Waals surface area contributed by atoms with Crippen LogP contribution in [-0.2, 0) is 4.79 Å². The van der Waals surface area contributed by atoms with Crippen LogP contribution in [0.15, 0.2) is 66.0 Å². The number of hydrazine groups is 1. The predicted molar refractivity (Wildman–Crippen MR) is 142 cm³/mol. The summed E-state index contributed by atoms with van der Waals surface area (Å²) in [6, 6.07) is 16.2. The van der Waals surface area contributed by atoms with E-state index in [4.69, 9.17) is 9.47 Å². The fourth-order valence-electron chi connectivity index (χ4n) is 4.56. The Morgan fingerprint density at radius 2 is 2.03 bits per heavy atom. The molecule has 190 valence electrons. The first-order valence-electron chi connectivity index (χ1n) is 12.3. The number of hydrazone groups is 1. The Labute approximate surface area is 215 Å². The van der Waals surface area contributed by atoms with Gasteiger partial charge >= 0.3 is 0 Å². The Morgan fingerprint density at radius 1 is 1.19 bits per heavy atom. The van der Waals surface area contributed by atoms with Crippen molar-refractivity contribution in [1.29, 1.82) is 0 Å². The van der Waals surface area contributed by atoms with Crippen molar-refractivity contribution in [3.63, 3.8) is 0 Å². The van der Waals surface area contributed by atoms with Gasteiger partial charge in [0.2, 0.25) is 5.91 Å². The second-order valence-electron chi connectivity index (χ2n) is 8.87. The van der Waals surface area contributed by atoms with Crippen LogP contribution in [0.2, 0.25) is 0 Å². The minimum Gasteiger partial charge on any atom is -0.495 e. The van der Waals surface area contributed by atoms with E-state index in [1.54, 1.807) is 7.11 Å². The fraction of sp³-hybridized carbons (Fsp3) is 0.385. The molecule has 3 atom stereocenters. The van der Waals surface area contributed by atoms with Gasteiger partial charge in [0.05, 0.1) is 37.2 Å². The molecule has 3 aliphatic rings. The molecule has 3 aliphatic heterocycles. The summed E-state index contributed by atoms with van der Waals surface area (Å²) in [4.78, 5) is 14.7. The highest BCUT2D eigenvalue weighted by atomic mass is 32.2. The molecule has 9 nitrogen and oxygen atoms in total. The van der Waals surface area contributed by atoms with Crippen LogP contribution in [0.3, 0.4) is 0 Å². The lowest BCUT2D eigenvalue weighted by atomic mass is 10.00. The van der Waals surface area contributed by atoms with E-state index in [0.717, 1.165) is 36.8 Å². The van der Waals surface area contributed by atoms with Crippen molar-refractivity contribution in [2.24, 2.45) is 5.10 Å². The van der Waals surface area contributed by atoms with E-state index < -0.39 is 0 Å². The Morgan fingerprint density at radius 3 is 2.83 bits per heavy atom. The van der Waals surface area contributed by atoms with Gasteiger partial charge in [0, 0.05) is 12.4 Å². The third-order valence-corrected chi connectivity index (χ3v) is 7.43. The maximum absolute atomic E-state index is 12.6. The van der Waals surface area contributed by atoms with Crippen molar-refractivity contribution in [3.8, 4) is 11.5 Å². The molecule has 10 heteroatoms. The molecule has 3 N–H and O–H groups in total. The Balaban J connectivity index is 1.14. The van der Waals surface area contributed by atoms with E-state index >= 15 is 0 Å². The molecule has 1 saturated heterocycles. The Kier molecular flexibility index (Phi) is 7.52. The van der Waals surface area contributed by atoms with E-state index in [-0.39, 0.29) is 29.9 Å². The topological polar surface area (TPSA) is 90.5 Å². The van der Waals surface area contributed by atoms with Crippen LogP contribution >= 0.6 is 11.8 Å². The van der Waals surface area contributed by atoms with Gasteiger partial charge in [0.25, 0.3) is 0 Å². The van der Waals surface area contributed by atoms with E-state index in [1.807, 2.05) is 48.8 Å². The zero-order valence-electron chi connectivity index (χ0n) is 20.5. The third kappa shape index (κ3) is 5.24. The lowest BCUT2D eigenvalue weighted by molar-refractivity contribution is -0.113. The lowest BCUT2D eigenvalue weighted by Gasteiger charge is -2.36. The number of ether oxygens (including phenoxy) is 2. The summed E-state index contributed by atoms with van der Waals surface area (Å²) in [5, 5.41) is 10.4. The van der Waals surface area contributed by atoms with Gasteiger partial charge in [-0.3, -0.25) is 10.2 Å². The lowest BCUT2D eigenvalue weighted by Crippen LogP contribution is -2.54. The maximum atomic E-state index is 12.6. The van der Waals surface area contributed by atoms with Crippen LogP contribution in [-0.4, -0.2) is 52.7 Å². The van der Waals surface area contributed by atoms with Crippen molar-refractivity contribution in [2.45, 2.75) is 44.4 Å². The molecule has 0 aromatic heterocycles. The third-order valence-electron chi connectivity index (χ3n) is 6.47. The van der Waals surface area contributed by atoms with Crippen molar-refractivity contribution in [2.75, 3.05) is 24.8 Å². The summed E-state index contributed by atoms with van der Waals surface area (Å²) >= 11 is 1.41. The zero-order valence-corrected chi connectivity index (χ0v) is 21.3. The van der Waals surface area contributed by atoms with Gasteiger partial charge < -0.3 is 24.7 Å². The smallest absolute Gasteiger partial charge is 0.234 e. The number of rotatable bonds is 9. The van der Waals surface area contributed by atoms with Gasteiger partial charge in [0.1, 0.15) is 17.7 Å². The number of unbranched alkanes of at least 4 members (excludes halogenated alkanes) is 1. The summed E-state index contributed by atoms with van der Waals surface area (Å²) in [5.74, 6) is 1.69. The molecule has 2 aromatic rings. The maximum Gasteiger partial charge on any atom is 0.234 e. The molecule has 2 aromatic carbocycles. The van der Waals surface area contributed by atoms with Gasteiger partial charge in [-0.25, -0.2) is 5.43 Å². The Hall–Kier alpha value is -3.37. The van der Waals surface area contributed by atoms with E-state index in [2.05, 4.69) is 50.2 Å². The normalized spacial score (nSPS) is 21.9. The van der Waals surface area contributed by atoms with Gasteiger partial charge in [-0.1, -0.05) is 49.4 Å². The van der Waals surface area contributed by atoms with Gasteiger partial charge in [-0.2, -0.15) is 5.10 Å². The summed E-state index contributed by atoms with van der Waals surface area (Å²) < 4.78 is 11.1. The molecular weight excluding hydrogens is 476 g/mol. The quantitative estimate of drug-likeness (QED) is 0.440. The van der Waals surface area contributed by atoms with Crippen LogP contribution in [0.4, 0.5) is 5.69 Å². The van der Waals surface area contributed by atoms with Crippen LogP contribution in [0.1, 0.15) is 37.8 Å². The van der Waals surface area contributed by atoms with Crippen LogP contribution in [0.25, 0.3) is 0 Å². The number of hydrogen-bond acceptors (Lipinski definition) is 9. The highest BCUT2D eigenvalue weighted by molar-refractivity contribution is 8.14. The number of amides is 1. The van der Waals surface area contributed by atoms with Gasteiger partial charge in [0.15, 0.2) is 5.17 Å². The summed E-state index contributed by atoms with van der Waals surface area (Å²) in [5.41, 5.74) is 8.76. The van der Waals surface area contributed by atoms with E-state index in [9.17, 15) is 4.79 Å². The number of hydrogen-bond donors (Lipinski definition) is 3. The predicted octanol–water partition coefficient (Wildman–Crippen LogP) is 3.85. The standard InChI is InChI=1S/C26H32N6O3S/c1-3-4-15-35-19-11-9-18(10-12-19)21-16-22-25-28-29-26(31(25)13-14-32(22)30-21)36-17-24(33)27-20-7-5-6-8-23(20)34-2/h5-14,21-22,25,28,30H,3-4,15-17H2,1-2H3,(H,27,33). The van der Waals surface area contributed by atoms with Gasteiger partial charge in [-0.15, -0.1) is 0 Å². The Bertz CT molecular complexity index is 1120. The number of para-hydroxylation sites is 2. The molecule has 1 fully saturated rings. The number of carbonyl (C=O) groups excluding carboxylic acids is 1. The average molecular weight is 509 g/mol. The molecule has 0 saturated carbocycles. The fourth-order valence-corrected chi connectivity index (χ4v) is 5.34. The number of nitrogens with one attached hydrogen (secondary N) is 3. The second kappa shape index (κ2) is 11.1. The largest absolute Gasteiger partial charge is 0.495 e. The number of carbonyl (C=O) groups is 1. The minimum atomic E-state index is -0.108. The van der Waals surface area contributed by atoms with Crippen molar-refractivity contribution < 1.29 is 14.3 Å². The molecule has 3 heterocycles. The van der Waals surface area contributed by atoms with E-state index in [1.165, 1.54) is 17.3 Å². The van der Waals surface area contributed by atoms with Gasteiger partial charge in [-0.05, 0) is 42.7 Å². The molecule has 1 amide bonds. The molecule has 0 aliphatic carbocycles. The number of nitrogens with zero attached hydrogens (tertiary/aromatic N) is 3. The van der Waals surface area contributed by atoms with Crippen molar-refractivity contribution >= 4 is 28.5 Å². The van der Waals surface area contributed by atoms with Crippen molar-refractivity contribution in [1.82, 2.24) is 20.8 Å². The number of fused-ring (bicyclic) bond motifs is 3. The van der Waals surface area contributed by atoms with Crippen LogP contribution < -0.4 is 25.6 Å². The summed E-state index contributed by atoms with van der Waals surface area (Å²) in [7, 11) is 1.59. The minimum absolute atomic E-state index is 0.00364. The molecule has 0 radical (unpaired) electrons. The first kappa shape index (κ1) is 24.3.